The Hall–Kier alpha value is -1.97. The second-order valence-corrected chi connectivity index (χ2v) is 9.20. The maximum Gasteiger partial charge on any atom is 0.522 e. The molecule has 2 aromatic rings. The molecule has 0 aromatic carbocycles. The highest BCUT2D eigenvalue weighted by atomic mass is 32.2. The van der Waals surface area contributed by atoms with E-state index in [0.717, 1.165) is 12.8 Å². The molecule has 0 atom stereocenters. The number of rotatable bonds is 3. The van der Waals surface area contributed by atoms with Gasteiger partial charge in [0.25, 0.3) is 6.33 Å². The maximum atomic E-state index is 12.4. The van der Waals surface area contributed by atoms with E-state index in [-0.39, 0.29) is 6.04 Å². The van der Waals surface area contributed by atoms with Gasteiger partial charge in [-0.15, -0.1) is 3.97 Å². The summed E-state index contributed by atoms with van der Waals surface area (Å²) in [6.07, 6.45) is 10.1. The van der Waals surface area contributed by atoms with Gasteiger partial charge in [-0.1, -0.05) is 0 Å². The molecule has 1 fully saturated rings. The molecule has 1 N–H and O–H groups in total. The summed E-state index contributed by atoms with van der Waals surface area (Å²) in [7, 11) is -7.47. The lowest BCUT2D eigenvalue weighted by atomic mass is 10.1. The third-order valence-corrected chi connectivity index (χ3v) is 6.30. The molecule has 1 aliphatic rings. The number of aryl methyl sites for hydroxylation is 1. The average molecular weight is 446 g/mol. The van der Waals surface area contributed by atoms with Crippen LogP contribution in [0.15, 0.2) is 37.2 Å². The highest BCUT2D eigenvalue weighted by Crippen LogP contribution is 2.23. The highest BCUT2D eigenvalue weighted by Gasteiger charge is 2.44. The first-order valence-corrected chi connectivity index (χ1v) is 10.7. The summed E-state index contributed by atoms with van der Waals surface area (Å²) < 4.78 is 88.9. The third kappa shape index (κ3) is 5.30. The first-order chi connectivity index (χ1) is 12.8. The molecule has 3 rings (SSSR count). The Labute approximate surface area is 159 Å². The number of hydrogen-bond donors (Lipinski definition) is 1. The number of hydrogen-bond acceptors (Lipinski definition) is 5. The minimum atomic E-state index is -5.84. The highest BCUT2D eigenvalue weighted by molar-refractivity contribution is 7.87. The van der Waals surface area contributed by atoms with Crippen molar-refractivity contribution in [1.82, 2.24) is 18.1 Å². The van der Waals surface area contributed by atoms with E-state index in [1.165, 1.54) is 8.28 Å². The van der Waals surface area contributed by atoms with Gasteiger partial charge in [-0.25, -0.2) is 4.57 Å². The monoisotopic (exact) mass is 446 g/mol. The predicted molar refractivity (Wildman–Crippen MR) is 89.6 cm³/mol. The molecule has 1 aliphatic heterocycles. The predicted octanol–water partition coefficient (Wildman–Crippen LogP) is 0.333. The molecule has 2 aromatic heterocycles. The van der Waals surface area contributed by atoms with Crippen LogP contribution in [0, 0.1) is 0 Å². The van der Waals surface area contributed by atoms with Gasteiger partial charge in [0.05, 0.1) is 13.1 Å². The molecule has 15 heteroatoms. The quantitative estimate of drug-likeness (QED) is 0.413. The zero-order valence-corrected chi connectivity index (χ0v) is 16.3. The Morgan fingerprint density at radius 2 is 1.71 bits per heavy atom. The van der Waals surface area contributed by atoms with Crippen LogP contribution in [-0.4, -0.2) is 58.0 Å². The fourth-order valence-corrected chi connectivity index (χ4v) is 3.95. The maximum absolute atomic E-state index is 12.4. The van der Waals surface area contributed by atoms with E-state index in [9.17, 15) is 21.6 Å². The van der Waals surface area contributed by atoms with Gasteiger partial charge in [0.2, 0.25) is 0 Å². The fraction of sp³-hybridized carbons (Fsp3) is 0.538. The molecule has 1 saturated heterocycles. The lowest BCUT2D eigenvalue weighted by Gasteiger charge is -2.29. The van der Waals surface area contributed by atoms with Crippen molar-refractivity contribution in [3.05, 3.63) is 37.2 Å². The summed E-state index contributed by atoms with van der Waals surface area (Å²) >= 11 is 0. The molecule has 0 spiro atoms. The Morgan fingerprint density at radius 3 is 2.11 bits per heavy atom. The van der Waals surface area contributed by atoms with Crippen LogP contribution in [0.25, 0.3) is 0 Å². The Bertz CT molecular complexity index is 978. The molecule has 0 bridgehead atoms. The van der Waals surface area contributed by atoms with Crippen molar-refractivity contribution in [2.24, 2.45) is 7.05 Å². The Balaban J connectivity index is 0.000000300. The van der Waals surface area contributed by atoms with Gasteiger partial charge in [0.15, 0.2) is 0 Å². The minimum Gasteiger partial charge on any atom is -0.279 e. The van der Waals surface area contributed by atoms with Crippen molar-refractivity contribution in [2.45, 2.75) is 24.4 Å². The molecular weight excluding hydrogens is 427 g/mol. The van der Waals surface area contributed by atoms with E-state index in [1.807, 2.05) is 16.9 Å². The van der Waals surface area contributed by atoms with Crippen molar-refractivity contribution in [2.75, 3.05) is 13.1 Å². The second kappa shape index (κ2) is 8.18. The second-order valence-electron chi connectivity index (χ2n) is 5.95. The van der Waals surface area contributed by atoms with Crippen molar-refractivity contribution in [3.8, 4) is 0 Å². The SMILES string of the molecule is C[n+]1ccn(S(=O)(=O)N2CCC(n3cccn3)CC2)c1.O=S(=O)(O)C(F)(F)F. The van der Waals surface area contributed by atoms with Gasteiger partial charge in [0.1, 0.15) is 12.4 Å². The number of halogens is 3. The van der Waals surface area contributed by atoms with Crippen LogP contribution in [0.2, 0.25) is 0 Å². The van der Waals surface area contributed by atoms with E-state index < -0.39 is 25.8 Å². The smallest absolute Gasteiger partial charge is 0.279 e. The zero-order valence-electron chi connectivity index (χ0n) is 14.6. The van der Waals surface area contributed by atoms with Crippen LogP contribution in [-0.2, 0) is 27.4 Å². The summed E-state index contributed by atoms with van der Waals surface area (Å²) in [5.74, 6) is 0. The standard InChI is InChI=1S/C12H18N5O2S.CHF3O3S/c1-14-9-10-16(11-14)20(18,19)15-7-3-12(4-8-15)17-6-2-5-13-17;2-1(3,4)8(5,6)7/h2,5-6,9-12H,3-4,7-8H2,1H3;(H,5,6,7)/q+1;. The largest absolute Gasteiger partial charge is 0.522 e. The summed E-state index contributed by atoms with van der Waals surface area (Å²) in [6.45, 7) is 1.05. The van der Waals surface area contributed by atoms with Crippen molar-refractivity contribution in [3.63, 3.8) is 0 Å². The van der Waals surface area contributed by atoms with Gasteiger partial charge in [-0.3, -0.25) is 9.23 Å². The molecule has 0 aliphatic carbocycles. The van der Waals surface area contributed by atoms with Gasteiger partial charge in [-0.05, 0) is 18.9 Å². The van der Waals surface area contributed by atoms with Gasteiger partial charge in [-0.2, -0.15) is 39.4 Å². The average Bonchev–Trinajstić information content (AvgIpc) is 3.25. The van der Waals surface area contributed by atoms with Crippen LogP contribution >= 0.6 is 0 Å². The number of piperidine rings is 1. The Morgan fingerprint density at radius 1 is 1.14 bits per heavy atom. The summed E-state index contributed by atoms with van der Waals surface area (Å²) in [6, 6.07) is 2.18. The number of aromatic nitrogens is 4. The van der Waals surface area contributed by atoms with Gasteiger partial charge >= 0.3 is 25.8 Å². The van der Waals surface area contributed by atoms with Gasteiger partial charge < -0.3 is 0 Å². The van der Waals surface area contributed by atoms with Crippen molar-refractivity contribution < 1.29 is 39.1 Å². The van der Waals surface area contributed by atoms with E-state index >= 15 is 0 Å². The summed E-state index contributed by atoms with van der Waals surface area (Å²) in [5, 5.41) is 4.23. The first kappa shape index (κ1) is 22.3. The molecule has 0 amide bonds. The van der Waals surface area contributed by atoms with Crippen molar-refractivity contribution >= 4 is 20.3 Å². The van der Waals surface area contributed by atoms with E-state index in [4.69, 9.17) is 13.0 Å². The topological polar surface area (TPSA) is 118 Å². The molecule has 28 heavy (non-hydrogen) atoms. The third-order valence-electron chi connectivity index (χ3n) is 3.95. The zero-order chi connectivity index (χ0) is 21.2. The molecular formula is C13H19F3N5O5S2+. The summed E-state index contributed by atoms with van der Waals surface area (Å²) in [5.41, 5.74) is -5.53. The molecule has 3 heterocycles. The van der Waals surface area contributed by atoms with Crippen LogP contribution < -0.4 is 4.57 Å². The lowest BCUT2D eigenvalue weighted by Crippen LogP contribution is -2.42. The molecule has 0 unspecified atom stereocenters. The van der Waals surface area contributed by atoms with E-state index in [0.29, 0.717) is 13.1 Å². The molecule has 0 saturated carbocycles. The van der Waals surface area contributed by atoms with Crippen LogP contribution in [0.3, 0.4) is 0 Å². The molecule has 10 nitrogen and oxygen atoms in total. The lowest BCUT2D eigenvalue weighted by molar-refractivity contribution is -0.670. The molecule has 0 radical (unpaired) electrons. The first-order valence-electron chi connectivity index (χ1n) is 7.89. The number of alkyl halides is 3. The van der Waals surface area contributed by atoms with E-state index in [1.54, 1.807) is 36.5 Å². The van der Waals surface area contributed by atoms with Crippen molar-refractivity contribution in [1.29, 1.82) is 0 Å². The fourth-order valence-electron chi connectivity index (χ4n) is 2.53. The normalized spacial score (nSPS) is 17.2. The summed E-state index contributed by atoms with van der Waals surface area (Å²) in [4.78, 5) is 0. The van der Waals surface area contributed by atoms with Crippen LogP contribution in [0.4, 0.5) is 13.2 Å². The molecule has 158 valence electrons. The number of imidazole rings is 1. The van der Waals surface area contributed by atoms with Gasteiger partial charge in [0, 0.05) is 25.5 Å². The van der Waals surface area contributed by atoms with Crippen LogP contribution in [0.1, 0.15) is 18.9 Å². The van der Waals surface area contributed by atoms with E-state index in [2.05, 4.69) is 5.10 Å². The Kier molecular flexibility index (Phi) is 6.52. The van der Waals surface area contributed by atoms with Crippen LogP contribution in [0.5, 0.6) is 0 Å². The minimum absolute atomic E-state index is 0.289. The number of nitrogens with zero attached hydrogens (tertiary/aromatic N) is 5.